The number of hydrogen-bond donors (Lipinski definition) is 0. The van der Waals surface area contributed by atoms with Crippen LogP contribution in [0.15, 0.2) is 48.5 Å². The molecule has 1 saturated heterocycles. The summed E-state index contributed by atoms with van der Waals surface area (Å²) in [5.74, 6) is 0.972. The molecule has 1 fully saturated rings. The van der Waals surface area contributed by atoms with Gasteiger partial charge in [-0.1, -0.05) is 30.3 Å². The summed E-state index contributed by atoms with van der Waals surface area (Å²) < 4.78 is 5.22. The number of likely N-dealkylation sites (tertiary alicyclic amines) is 1. The topological polar surface area (TPSA) is 49.9 Å². The number of fused-ring (bicyclic) bond motifs is 1. The maximum absolute atomic E-state index is 13.1. The van der Waals surface area contributed by atoms with Crippen LogP contribution in [0.4, 0.5) is 0 Å². The Morgan fingerprint density at radius 2 is 1.52 bits per heavy atom. The van der Waals surface area contributed by atoms with E-state index >= 15 is 0 Å². The molecule has 0 N–H and O–H groups in total. The first-order valence-corrected chi connectivity index (χ1v) is 10.4. The Kier molecular flexibility index (Phi) is 5.84. The van der Waals surface area contributed by atoms with E-state index in [1.54, 1.807) is 13.2 Å². The Labute approximate surface area is 172 Å². The second kappa shape index (κ2) is 8.68. The molecule has 2 aromatic carbocycles. The molecule has 0 unspecified atom stereocenters. The number of methoxy groups -OCH3 is 1. The Bertz CT molecular complexity index is 860. The van der Waals surface area contributed by atoms with Crippen molar-refractivity contribution in [3.63, 3.8) is 0 Å². The van der Waals surface area contributed by atoms with Gasteiger partial charge in [-0.15, -0.1) is 0 Å². The van der Waals surface area contributed by atoms with E-state index in [2.05, 4.69) is 24.3 Å². The quantitative estimate of drug-likeness (QED) is 0.806. The number of carbonyl (C=O) groups excluding carboxylic acids is 2. The molecular weight excluding hydrogens is 364 g/mol. The molecule has 0 bridgehead atoms. The number of ether oxygens (including phenoxy) is 1. The van der Waals surface area contributed by atoms with Crippen LogP contribution in [-0.4, -0.2) is 54.9 Å². The molecule has 4 rings (SSSR count). The first-order chi connectivity index (χ1) is 14.2. The maximum atomic E-state index is 13.1. The lowest BCUT2D eigenvalue weighted by Gasteiger charge is -2.34. The van der Waals surface area contributed by atoms with Crippen molar-refractivity contribution in [3.8, 4) is 5.75 Å². The summed E-state index contributed by atoms with van der Waals surface area (Å²) in [6, 6.07) is 15.8. The zero-order chi connectivity index (χ0) is 20.2. The highest BCUT2D eigenvalue weighted by Gasteiger charge is 2.31. The number of rotatable bonds is 3. The average molecular weight is 392 g/mol. The average Bonchev–Trinajstić information content (AvgIpc) is 3.01. The molecule has 0 saturated carbocycles. The summed E-state index contributed by atoms with van der Waals surface area (Å²) >= 11 is 0. The predicted octanol–water partition coefficient (Wildman–Crippen LogP) is 3.17. The molecule has 5 heteroatoms. The highest BCUT2D eigenvalue weighted by molar-refractivity contribution is 5.94. The smallest absolute Gasteiger partial charge is 0.253 e. The third kappa shape index (κ3) is 4.29. The summed E-state index contributed by atoms with van der Waals surface area (Å²) in [6.45, 7) is 2.83. The van der Waals surface area contributed by atoms with E-state index in [4.69, 9.17) is 4.74 Å². The molecule has 152 valence electrons. The van der Waals surface area contributed by atoms with Crippen molar-refractivity contribution >= 4 is 11.8 Å². The molecule has 5 nitrogen and oxygen atoms in total. The van der Waals surface area contributed by atoms with Crippen molar-refractivity contribution in [2.75, 3.05) is 33.3 Å². The fourth-order valence-electron chi connectivity index (χ4n) is 4.41. The Morgan fingerprint density at radius 3 is 2.14 bits per heavy atom. The van der Waals surface area contributed by atoms with Gasteiger partial charge in [0.15, 0.2) is 0 Å². The Morgan fingerprint density at radius 1 is 0.862 bits per heavy atom. The van der Waals surface area contributed by atoms with Gasteiger partial charge in [0.05, 0.1) is 7.11 Å². The van der Waals surface area contributed by atoms with Crippen LogP contribution < -0.4 is 4.74 Å². The summed E-state index contributed by atoms with van der Waals surface area (Å²) in [6.07, 6.45) is 3.32. The van der Waals surface area contributed by atoms with Gasteiger partial charge >= 0.3 is 0 Å². The fourth-order valence-corrected chi connectivity index (χ4v) is 4.41. The molecular formula is C24H28N2O3. The van der Waals surface area contributed by atoms with Crippen molar-refractivity contribution in [1.29, 1.82) is 0 Å². The third-order valence-electron chi connectivity index (χ3n) is 6.18. The lowest BCUT2D eigenvalue weighted by molar-refractivity contribution is -0.136. The highest BCUT2D eigenvalue weighted by Crippen LogP contribution is 2.24. The maximum Gasteiger partial charge on any atom is 0.253 e. The van der Waals surface area contributed by atoms with Crippen molar-refractivity contribution in [1.82, 2.24) is 9.80 Å². The number of hydrogen-bond acceptors (Lipinski definition) is 3. The molecule has 2 aliphatic rings. The lowest BCUT2D eigenvalue weighted by Crippen LogP contribution is -2.45. The minimum Gasteiger partial charge on any atom is -0.497 e. The van der Waals surface area contributed by atoms with E-state index < -0.39 is 0 Å². The van der Waals surface area contributed by atoms with Gasteiger partial charge in [-0.3, -0.25) is 9.59 Å². The summed E-state index contributed by atoms with van der Waals surface area (Å²) in [5.41, 5.74) is 3.36. The molecule has 0 spiro atoms. The van der Waals surface area contributed by atoms with Gasteiger partial charge in [0.1, 0.15) is 5.75 Å². The number of piperidine rings is 1. The first kappa shape index (κ1) is 19.5. The SMILES string of the molecule is COc1cccc(C(=O)N2CCC(C(=O)N3CCc4ccccc4CC3)CC2)c1. The zero-order valence-corrected chi connectivity index (χ0v) is 17.0. The Hall–Kier alpha value is -2.82. The van der Waals surface area contributed by atoms with Crippen LogP contribution in [0, 0.1) is 5.92 Å². The van der Waals surface area contributed by atoms with Crippen molar-refractivity contribution < 1.29 is 14.3 Å². The third-order valence-corrected chi connectivity index (χ3v) is 6.18. The Balaban J connectivity index is 1.33. The van der Waals surface area contributed by atoms with Gasteiger partial charge in [0, 0.05) is 37.7 Å². The molecule has 2 amide bonds. The van der Waals surface area contributed by atoms with E-state index in [1.807, 2.05) is 28.0 Å². The van der Waals surface area contributed by atoms with E-state index in [0.29, 0.717) is 24.4 Å². The van der Waals surface area contributed by atoms with E-state index in [-0.39, 0.29) is 17.7 Å². The van der Waals surface area contributed by atoms with Gasteiger partial charge in [0.25, 0.3) is 5.91 Å². The standard InChI is InChI=1S/C24H28N2O3/c1-29-22-8-4-7-21(17-22)24(28)26-15-11-20(12-16-26)23(27)25-13-9-18-5-2-3-6-19(18)10-14-25/h2-8,17,20H,9-16H2,1H3. The van der Waals surface area contributed by atoms with Crippen molar-refractivity contribution in [2.24, 2.45) is 5.92 Å². The molecule has 0 aliphatic carbocycles. The molecule has 29 heavy (non-hydrogen) atoms. The van der Waals surface area contributed by atoms with Crippen LogP contribution in [0.5, 0.6) is 5.75 Å². The zero-order valence-electron chi connectivity index (χ0n) is 17.0. The van der Waals surface area contributed by atoms with E-state index in [1.165, 1.54) is 11.1 Å². The van der Waals surface area contributed by atoms with Crippen molar-refractivity contribution in [2.45, 2.75) is 25.7 Å². The van der Waals surface area contributed by atoms with E-state index in [9.17, 15) is 9.59 Å². The van der Waals surface area contributed by atoms with Crippen LogP contribution in [0.1, 0.15) is 34.3 Å². The number of carbonyl (C=O) groups is 2. The monoisotopic (exact) mass is 392 g/mol. The molecule has 0 atom stereocenters. The van der Waals surface area contributed by atoms with Crippen LogP contribution in [0.3, 0.4) is 0 Å². The summed E-state index contributed by atoms with van der Waals surface area (Å²) in [5, 5.41) is 0. The molecule has 2 heterocycles. The fraction of sp³-hybridized carbons (Fsp3) is 0.417. The molecule has 2 aliphatic heterocycles. The summed E-state index contributed by atoms with van der Waals surface area (Å²) in [7, 11) is 1.60. The van der Waals surface area contributed by atoms with Gasteiger partial charge in [-0.05, 0) is 55.0 Å². The van der Waals surface area contributed by atoms with Crippen molar-refractivity contribution in [3.05, 3.63) is 65.2 Å². The molecule has 2 aromatic rings. The minimum absolute atomic E-state index is 0.0139. The number of benzene rings is 2. The molecule has 0 radical (unpaired) electrons. The number of amides is 2. The predicted molar refractivity (Wildman–Crippen MR) is 112 cm³/mol. The van der Waals surface area contributed by atoms with Gasteiger partial charge < -0.3 is 14.5 Å². The minimum atomic E-state index is 0.0139. The van der Waals surface area contributed by atoms with Crippen LogP contribution in [0.2, 0.25) is 0 Å². The van der Waals surface area contributed by atoms with Gasteiger partial charge in [-0.2, -0.15) is 0 Å². The van der Waals surface area contributed by atoms with Crippen LogP contribution >= 0.6 is 0 Å². The van der Waals surface area contributed by atoms with Gasteiger partial charge in [-0.25, -0.2) is 0 Å². The largest absolute Gasteiger partial charge is 0.497 e. The summed E-state index contributed by atoms with van der Waals surface area (Å²) in [4.78, 5) is 29.8. The molecule has 0 aromatic heterocycles. The van der Waals surface area contributed by atoms with Gasteiger partial charge in [0.2, 0.25) is 5.91 Å². The van der Waals surface area contributed by atoms with Crippen LogP contribution in [0.25, 0.3) is 0 Å². The van der Waals surface area contributed by atoms with Crippen LogP contribution in [-0.2, 0) is 17.6 Å². The first-order valence-electron chi connectivity index (χ1n) is 10.4. The second-order valence-corrected chi connectivity index (χ2v) is 7.89. The van der Waals surface area contributed by atoms with E-state index in [0.717, 1.165) is 38.8 Å². The normalized spacial score (nSPS) is 17.4. The number of nitrogens with zero attached hydrogens (tertiary/aromatic N) is 2. The lowest BCUT2D eigenvalue weighted by atomic mass is 9.94. The second-order valence-electron chi connectivity index (χ2n) is 7.89. The highest BCUT2D eigenvalue weighted by atomic mass is 16.5.